The number of rotatable bonds is 0. The van der Waals surface area contributed by atoms with Crippen LogP contribution >= 0.6 is 0 Å². The summed E-state index contributed by atoms with van der Waals surface area (Å²) < 4.78 is 0. The van der Waals surface area contributed by atoms with Crippen LogP contribution in [0.25, 0.3) is 0 Å². The van der Waals surface area contributed by atoms with E-state index in [1.54, 1.807) is 12.8 Å². The third-order valence-electron chi connectivity index (χ3n) is 7.16. The highest BCUT2D eigenvalue weighted by atomic mass is 15.6. The van der Waals surface area contributed by atoms with E-state index in [0.717, 1.165) is 10.8 Å². The monoisotopic (exact) mass is 114 g/mol. The van der Waals surface area contributed by atoms with Gasteiger partial charge in [-0.2, -0.15) is 0 Å². The molecular weight excluding hydrogens is 108 g/mol. The van der Waals surface area contributed by atoms with Crippen LogP contribution in [0.2, 0.25) is 0 Å². The van der Waals surface area contributed by atoms with Gasteiger partial charge in [0.25, 0.3) is 0 Å². The van der Waals surface area contributed by atoms with Crippen LogP contribution < -0.4 is 0 Å². The molecule has 0 aliphatic heterocycles. The average Bonchev–Trinajstić information content (AvgIpc) is 2.43. The Labute approximate surface area is 52.6 Å². The zero-order chi connectivity index (χ0) is 5.07. The molecule has 7 aliphatic carbocycles. The van der Waals surface area contributed by atoms with E-state index in [4.69, 9.17) is 0 Å². The minimum atomic E-state index is 1.15. The summed E-state index contributed by atoms with van der Waals surface area (Å²) in [6.07, 6.45) is 3.40. The lowest BCUT2D eigenvalue weighted by atomic mass is 10.0. The molecular formula is C9H6. The highest BCUT2D eigenvalue weighted by Gasteiger charge is 3.56. The molecule has 0 nitrogen and oxygen atoms in total. The van der Waals surface area contributed by atoms with E-state index in [1.165, 1.54) is 28.1 Å². The fraction of sp³-hybridized carbons (Fsp3) is 1.00. The number of hydrogen-bond acceptors (Lipinski definition) is 0. The summed E-state index contributed by atoms with van der Waals surface area (Å²) in [5, 5.41) is 0. The SMILES string of the molecule is C1C2C13C21C24C5CC52C314. The quantitative estimate of drug-likeness (QED) is 0.441. The lowest BCUT2D eigenvalue weighted by Crippen LogP contribution is -1.98. The Bertz CT molecular complexity index is 359. The molecule has 0 N–H and O–H groups in total. The first-order chi connectivity index (χ1) is 4.43. The van der Waals surface area contributed by atoms with Crippen molar-refractivity contribution in [2.75, 3.05) is 0 Å². The molecule has 7 saturated carbocycles. The zero-order valence-corrected chi connectivity index (χ0v) is 5.07. The van der Waals surface area contributed by atoms with Crippen molar-refractivity contribution in [3.8, 4) is 0 Å². The summed E-state index contributed by atoms with van der Waals surface area (Å²) in [5.74, 6) is 2.70. The smallest absolute Gasteiger partial charge is 0.00253 e. The summed E-state index contributed by atoms with van der Waals surface area (Å²) >= 11 is 0. The van der Waals surface area contributed by atoms with Crippen LogP contribution in [-0.4, -0.2) is 0 Å². The second-order valence-electron chi connectivity index (χ2n) is 5.82. The van der Waals surface area contributed by atoms with E-state index < -0.39 is 0 Å². The second kappa shape index (κ2) is 0.271. The molecule has 6 unspecified atom stereocenters. The third-order valence-corrected chi connectivity index (χ3v) is 7.16. The van der Waals surface area contributed by atoms with Gasteiger partial charge in [-0.05, 0) is 51.8 Å². The molecule has 0 saturated heterocycles. The molecule has 7 rings (SSSR count). The van der Waals surface area contributed by atoms with Crippen molar-refractivity contribution < 1.29 is 0 Å². The molecule has 9 heavy (non-hydrogen) atoms. The topological polar surface area (TPSA) is 0 Å². The van der Waals surface area contributed by atoms with Gasteiger partial charge in [0, 0.05) is 0 Å². The van der Waals surface area contributed by atoms with Crippen molar-refractivity contribution in [1.29, 1.82) is 0 Å². The van der Waals surface area contributed by atoms with Gasteiger partial charge in [0.15, 0.2) is 0 Å². The first kappa shape index (κ1) is 2.56. The molecule has 0 aromatic carbocycles. The van der Waals surface area contributed by atoms with Gasteiger partial charge >= 0.3 is 0 Å². The van der Waals surface area contributed by atoms with Gasteiger partial charge in [0.05, 0.1) is 0 Å². The largest absolute Gasteiger partial charge is 0.0421 e. The predicted octanol–water partition coefficient (Wildman–Crippen LogP) is 1.03. The molecule has 7 fully saturated rings. The Morgan fingerprint density at radius 3 is 1.67 bits per heavy atom. The van der Waals surface area contributed by atoms with Gasteiger partial charge in [-0.15, -0.1) is 0 Å². The van der Waals surface area contributed by atoms with E-state index in [9.17, 15) is 0 Å². The van der Waals surface area contributed by atoms with Gasteiger partial charge in [-0.1, -0.05) is 0 Å². The summed E-state index contributed by atoms with van der Waals surface area (Å²) in [7, 11) is 0. The van der Waals surface area contributed by atoms with Crippen molar-refractivity contribution in [3.63, 3.8) is 0 Å². The first-order valence-electron chi connectivity index (χ1n) is 4.43. The van der Waals surface area contributed by atoms with Crippen LogP contribution in [0.1, 0.15) is 12.8 Å². The molecule has 0 aromatic heterocycles. The molecule has 6 atom stereocenters. The number of hydrogen-bond donors (Lipinski definition) is 0. The summed E-state index contributed by atoms with van der Waals surface area (Å²) in [5.41, 5.74) is 5.82. The molecule has 0 aromatic rings. The van der Waals surface area contributed by atoms with Crippen molar-refractivity contribution in [2.24, 2.45) is 38.9 Å². The normalized spacial score (nSPS) is 136. The Morgan fingerprint density at radius 2 is 1.44 bits per heavy atom. The lowest BCUT2D eigenvalue weighted by Gasteiger charge is -2.01. The maximum atomic E-state index is 1.70. The maximum Gasteiger partial charge on any atom is -0.00253 e. The van der Waals surface area contributed by atoms with Crippen LogP contribution in [0.4, 0.5) is 0 Å². The molecule has 0 heteroatoms. The highest BCUT2D eigenvalue weighted by Crippen LogP contribution is 3.58. The van der Waals surface area contributed by atoms with E-state index in [2.05, 4.69) is 0 Å². The van der Waals surface area contributed by atoms with E-state index in [-0.39, 0.29) is 0 Å². The summed E-state index contributed by atoms with van der Waals surface area (Å²) in [6.45, 7) is 0. The fourth-order valence-electron chi connectivity index (χ4n) is 7.52. The second-order valence-corrected chi connectivity index (χ2v) is 5.82. The van der Waals surface area contributed by atoms with Gasteiger partial charge < -0.3 is 0 Å². The Balaban J connectivity index is 1.93. The molecule has 0 bridgehead atoms. The maximum absolute atomic E-state index is 1.70. The summed E-state index contributed by atoms with van der Waals surface area (Å²) in [4.78, 5) is 0. The highest BCUT2D eigenvalue weighted by molar-refractivity contribution is 6.01. The van der Waals surface area contributed by atoms with Crippen LogP contribution in [0.5, 0.6) is 0 Å². The van der Waals surface area contributed by atoms with Crippen LogP contribution in [-0.2, 0) is 0 Å². The van der Waals surface area contributed by atoms with Gasteiger partial charge in [-0.25, -0.2) is 0 Å². The molecule has 7 aliphatic rings. The Hall–Kier alpha value is 0. The molecule has 0 radical (unpaired) electrons. The third kappa shape index (κ3) is 0.0418. The first-order valence-corrected chi connectivity index (χ1v) is 4.43. The van der Waals surface area contributed by atoms with Crippen molar-refractivity contribution >= 4 is 0 Å². The molecule has 42 valence electrons. The average molecular weight is 114 g/mol. The fourth-order valence-corrected chi connectivity index (χ4v) is 7.52. The van der Waals surface area contributed by atoms with Crippen LogP contribution in [0.15, 0.2) is 0 Å². The van der Waals surface area contributed by atoms with Gasteiger partial charge in [-0.3, -0.25) is 0 Å². The minimum Gasteiger partial charge on any atom is -0.0421 e. The predicted molar refractivity (Wildman–Crippen MR) is 28.4 cm³/mol. The van der Waals surface area contributed by atoms with Crippen LogP contribution in [0.3, 0.4) is 0 Å². The van der Waals surface area contributed by atoms with E-state index in [1.807, 2.05) is 0 Å². The lowest BCUT2D eigenvalue weighted by molar-refractivity contribution is 0.444. The Kier molecular flexibility index (Phi) is 0.0772. The van der Waals surface area contributed by atoms with Crippen molar-refractivity contribution in [1.82, 2.24) is 0 Å². The standard InChI is InChI=1S/C9H6/c1-3-5(1)7(3)8-4-2-6(4,8)9(5,7)8/h3-4H,1-2H2. The van der Waals surface area contributed by atoms with E-state index in [0.29, 0.717) is 0 Å². The van der Waals surface area contributed by atoms with Gasteiger partial charge in [0.2, 0.25) is 0 Å². The zero-order valence-electron chi connectivity index (χ0n) is 5.07. The molecule has 5 spiro atoms. The van der Waals surface area contributed by atoms with E-state index >= 15 is 0 Å². The Morgan fingerprint density at radius 1 is 0.889 bits per heavy atom. The van der Waals surface area contributed by atoms with Crippen molar-refractivity contribution in [2.45, 2.75) is 12.8 Å². The van der Waals surface area contributed by atoms with Gasteiger partial charge in [0.1, 0.15) is 0 Å². The summed E-state index contributed by atoms with van der Waals surface area (Å²) in [6, 6.07) is 0. The van der Waals surface area contributed by atoms with Crippen molar-refractivity contribution in [3.05, 3.63) is 0 Å². The molecule has 0 heterocycles. The minimum absolute atomic E-state index is 1.15. The van der Waals surface area contributed by atoms with Crippen LogP contribution in [0, 0.1) is 38.9 Å². The molecule has 0 amide bonds.